The van der Waals surface area contributed by atoms with Crippen LogP contribution in [0.4, 0.5) is 0 Å². The van der Waals surface area contributed by atoms with Crippen LogP contribution in [0.3, 0.4) is 0 Å². The minimum absolute atomic E-state index is 0.0593. The molecule has 2 saturated heterocycles. The van der Waals surface area contributed by atoms with E-state index in [0.717, 1.165) is 0 Å². The fourth-order valence-electron chi connectivity index (χ4n) is 1.48. The van der Waals surface area contributed by atoms with Crippen molar-refractivity contribution in [1.82, 2.24) is 0 Å². The zero-order valence-electron chi connectivity index (χ0n) is 7.87. The van der Waals surface area contributed by atoms with Gasteiger partial charge in [-0.15, -0.1) is 0 Å². The molecule has 4 unspecified atom stereocenters. The normalized spacial score (nSPS) is 36.2. The maximum Gasteiger partial charge on any atom is 0.106 e. The van der Waals surface area contributed by atoms with E-state index < -0.39 is 18.3 Å². The summed E-state index contributed by atoms with van der Waals surface area (Å²) in [5.41, 5.74) is 0. The Hall–Kier alpha value is -0.200. The second-order valence-corrected chi connectivity index (χ2v) is 4.01. The fraction of sp³-hybridized carbons (Fsp3) is 1.00. The Bertz CT molecular complexity index is 170. The number of rotatable bonds is 6. The van der Waals surface area contributed by atoms with Crippen molar-refractivity contribution in [3.05, 3.63) is 0 Å². The van der Waals surface area contributed by atoms with Crippen molar-refractivity contribution >= 4 is 0 Å². The van der Waals surface area contributed by atoms with E-state index in [1.807, 2.05) is 0 Å². The Morgan fingerprint density at radius 1 is 0.929 bits per heavy atom. The highest BCUT2D eigenvalue weighted by atomic mass is 16.6. The second kappa shape index (κ2) is 4.12. The summed E-state index contributed by atoms with van der Waals surface area (Å²) in [5, 5.41) is 28.5. The smallest absolute Gasteiger partial charge is 0.106 e. The highest BCUT2D eigenvalue weighted by molar-refractivity contribution is 4.84. The van der Waals surface area contributed by atoms with Crippen molar-refractivity contribution in [2.75, 3.05) is 13.2 Å². The Kier molecular flexibility index (Phi) is 3.04. The lowest BCUT2D eigenvalue weighted by molar-refractivity contribution is -0.0676. The molecule has 5 nitrogen and oxygen atoms in total. The standard InChI is InChI=1S/C9H16O5/c10-7(1-5-3-13-5)9(12)8(11)2-6-4-14-6/h5-12H,1-4H2. The molecule has 2 aliphatic rings. The maximum absolute atomic E-state index is 9.53. The first-order valence-electron chi connectivity index (χ1n) is 4.94. The molecule has 3 N–H and O–H groups in total. The van der Waals surface area contributed by atoms with Crippen LogP contribution in [0.2, 0.25) is 0 Å². The summed E-state index contributed by atoms with van der Waals surface area (Å²) < 4.78 is 9.85. The average Bonchev–Trinajstić information content (AvgIpc) is 2.97. The van der Waals surface area contributed by atoms with Crippen LogP contribution in [0.25, 0.3) is 0 Å². The molecule has 2 fully saturated rings. The molecule has 82 valence electrons. The van der Waals surface area contributed by atoms with E-state index in [9.17, 15) is 15.3 Å². The van der Waals surface area contributed by atoms with Gasteiger partial charge in [0, 0.05) is 12.8 Å². The summed E-state index contributed by atoms with van der Waals surface area (Å²) in [4.78, 5) is 0. The van der Waals surface area contributed by atoms with Crippen LogP contribution in [0.1, 0.15) is 12.8 Å². The largest absolute Gasteiger partial charge is 0.390 e. The lowest BCUT2D eigenvalue weighted by Crippen LogP contribution is -2.38. The summed E-state index contributed by atoms with van der Waals surface area (Å²) in [6.07, 6.45) is -2.00. The Balaban J connectivity index is 1.69. The third kappa shape index (κ3) is 2.90. The molecule has 0 aromatic rings. The molecule has 0 aliphatic carbocycles. The van der Waals surface area contributed by atoms with E-state index in [4.69, 9.17) is 9.47 Å². The quantitative estimate of drug-likeness (QED) is 0.466. The molecule has 0 aromatic carbocycles. The van der Waals surface area contributed by atoms with Gasteiger partial charge >= 0.3 is 0 Å². The van der Waals surface area contributed by atoms with Crippen molar-refractivity contribution in [1.29, 1.82) is 0 Å². The summed E-state index contributed by atoms with van der Waals surface area (Å²) in [5.74, 6) is 0. The topological polar surface area (TPSA) is 85.8 Å². The zero-order valence-corrected chi connectivity index (χ0v) is 7.87. The fourth-order valence-corrected chi connectivity index (χ4v) is 1.48. The third-order valence-corrected chi connectivity index (χ3v) is 2.60. The van der Waals surface area contributed by atoms with Crippen molar-refractivity contribution in [3.63, 3.8) is 0 Å². The average molecular weight is 204 g/mol. The van der Waals surface area contributed by atoms with Gasteiger partial charge in [-0.05, 0) is 0 Å². The van der Waals surface area contributed by atoms with Gasteiger partial charge in [0.1, 0.15) is 6.10 Å². The molecule has 0 saturated carbocycles. The Morgan fingerprint density at radius 2 is 1.29 bits per heavy atom. The van der Waals surface area contributed by atoms with Gasteiger partial charge in [-0.25, -0.2) is 0 Å². The lowest BCUT2D eigenvalue weighted by Gasteiger charge is -2.21. The molecular formula is C9H16O5. The van der Waals surface area contributed by atoms with Crippen molar-refractivity contribution in [2.24, 2.45) is 0 Å². The van der Waals surface area contributed by atoms with Crippen LogP contribution < -0.4 is 0 Å². The third-order valence-electron chi connectivity index (χ3n) is 2.60. The van der Waals surface area contributed by atoms with Gasteiger partial charge in [-0.2, -0.15) is 0 Å². The van der Waals surface area contributed by atoms with Crippen molar-refractivity contribution in [3.8, 4) is 0 Å². The van der Waals surface area contributed by atoms with E-state index in [1.54, 1.807) is 0 Å². The lowest BCUT2D eigenvalue weighted by atomic mass is 10.0. The summed E-state index contributed by atoms with van der Waals surface area (Å²) in [6.45, 7) is 1.29. The minimum Gasteiger partial charge on any atom is -0.390 e. The maximum atomic E-state index is 9.53. The molecule has 2 rings (SSSR count). The predicted molar refractivity (Wildman–Crippen MR) is 46.7 cm³/mol. The highest BCUT2D eigenvalue weighted by Crippen LogP contribution is 2.22. The molecule has 2 heterocycles. The first-order valence-corrected chi connectivity index (χ1v) is 4.94. The molecule has 2 aliphatic heterocycles. The molecule has 0 radical (unpaired) electrons. The number of epoxide rings is 2. The highest BCUT2D eigenvalue weighted by Gasteiger charge is 2.35. The van der Waals surface area contributed by atoms with Crippen LogP contribution in [0.5, 0.6) is 0 Å². The van der Waals surface area contributed by atoms with Crippen LogP contribution >= 0.6 is 0 Å². The number of aliphatic hydroxyl groups is 3. The van der Waals surface area contributed by atoms with Gasteiger partial charge in [0.2, 0.25) is 0 Å². The van der Waals surface area contributed by atoms with E-state index in [-0.39, 0.29) is 12.2 Å². The van der Waals surface area contributed by atoms with Gasteiger partial charge in [0.25, 0.3) is 0 Å². The molecule has 0 amide bonds. The summed E-state index contributed by atoms with van der Waals surface area (Å²) in [7, 11) is 0. The van der Waals surface area contributed by atoms with E-state index in [2.05, 4.69) is 0 Å². The van der Waals surface area contributed by atoms with Crippen LogP contribution in [0, 0.1) is 0 Å². The Labute approximate surface area is 82.3 Å². The number of hydrogen-bond donors (Lipinski definition) is 3. The van der Waals surface area contributed by atoms with E-state index in [0.29, 0.717) is 26.1 Å². The van der Waals surface area contributed by atoms with E-state index in [1.165, 1.54) is 0 Å². The van der Waals surface area contributed by atoms with Gasteiger partial charge in [-0.1, -0.05) is 0 Å². The van der Waals surface area contributed by atoms with Crippen molar-refractivity contribution < 1.29 is 24.8 Å². The summed E-state index contributed by atoms with van der Waals surface area (Å²) in [6, 6.07) is 0. The van der Waals surface area contributed by atoms with Gasteiger partial charge in [0.05, 0.1) is 37.6 Å². The number of hydrogen-bond acceptors (Lipinski definition) is 5. The van der Waals surface area contributed by atoms with Gasteiger partial charge < -0.3 is 24.8 Å². The molecular weight excluding hydrogens is 188 g/mol. The number of aliphatic hydroxyl groups excluding tert-OH is 3. The molecule has 4 atom stereocenters. The van der Waals surface area contributed by atoms with Gasteiger partial charge in [0.15, 0.2) is 0 Å². The molecule has 0 bridgehead atoms. The number of ether oxygens (including phenoxy) is 2. The van der Waals surface area contributed by atoms with Crippen LogP contribution in [-0.4, -0.2) is 59.1 Å². The Morgan fingerprint density at radius 3 is 1.57 bits per heavy atom. The van der Waals surface area contributed by atoms with Crippen LogP contribution in [-0.2, 0) is 9.47 Å². The molecule has 0 aromatic heterocycles. The van der Waals surface area contributed by atoms with E-state index >= 15 is 0 Å². The first kappa shape index (κ1) is 10.3. The zero-order chi connectivity index (χ0) is 10.1. The molecule has 5 heteroatoms. The van der Waals surface area contributed by atoms with Gasteiger partial charge in [-0.3, -0.25) is 0 Å². The minimum atomic E-state index is -1.09. The SMILES string of the molecule is OC(CC1CO1)C(O)C(O)CC1CO1. The van der Waals surface area contributed by atoms with Crippen molar-refractivity contribution in [2.45, 2.75) is 43.4 Å². The monoisotopic (exact) mass is 204 g/mol. The molecule has 14 heavy (non-hydrogen) atoms. The second-order valence-electron chi connectivity index (χ2n) is 4.01. The summed E-state index contributed by atoms with van der Waals surface area (Å²) >= 11 is 0. The molecule has 0 spiro atoms. The predicted octanol–water partition coefficient (Wildman–Crippen LogP) is -1.35. The van der Waals surface area contributed by atoms with Crippen LogP contribution in [0.15, 0.2) is 0 Å². The first-order chi connectivity index (χ1) is 6.66.